The largest absolute Gasteiger partial charge is 0.352 e. The zero-order valence-corrected chi connectivity index (χ0v) is 21.2. The van der Waals surface area contributed by atoms with Crippen molar-refractivity contribution in [1.29, 1.82) is 0 Å². The highest BCUT2D eigenvalue weighted by molar-refractivity contribution is 7.90. The summed E-state index contributed by atoms with van der Waals surface area (Å²) in [6.07, 6.45) is 0.682. The molecule has 34 heavy (non-hydrogen) atoms. The highest BCUT2D eigenvalue weighted by atomic mass is 35.5. The van der Waals surface area contributed by atoms with E-state index in [1.165, 1.54) is 30.0 Å². The molecule has 0 saturated heterocycles. The summed E-state index contributed by atoms with van der Waals surface area (Å²) in [6, 6.07) is 9.47. The summed E-state index contributed by atoms with van der Waals surface area (Å²) in [5.74, 6) is -1.96. The standard InChI is InChI=1S/C23H25Cl2N3O5S/c1-4-14(2)26-22(30)15(3)27(12-17-18(24)9-7-10-19(17)25)21(29)13-28-23(31)16-8-5-6-11-20(16)34(28,32)33/h5-11,14-15H,4,12-13H2,1-3H3,(H,26,30)/t14-,15+/m0/s1. The summed E-state index contributed by atoms with van der Waals surface area (Å²) in [4.78, 5) is 40.1. The molecule has 3 amide bonds. The van der Waals surface area contributed by atoms with Crippen LogP contribution in [-0.2, 0) is 26.2 Å². The third-order valence-electron chi connectivity index (χ3n) is 5.75. The van der Waals surface area contributed by atoms with Gasteiger partial charge in [-0.3, -0.25) is 14.4 Å². The molecule has 0 aliphatic carbocycles. The lowest BCUT2D eigenvalue weighted by Crippen LogP contribution is -2.52. The fourth-order valence-electron chi connectivity index (χ4n) is 3.50. The van der Waals surface area contributed by atoms with Gasteiger partial charge in [-0.1, -0.05) is 48.3 Å². The number of hydrogen-bond donors (Lipinski definition) is 1. The Morgan fingerprint density at radius 3 is 2.26 bits per heavy atom. The Kier molecular flexibility index (Phi) is 7.90. The molecule has 11 heteroatoms. The molecular formula is C23H25Cl2N3O5S. The molecule has 1 heterocycles. The van der Waals surface area contributed by atoms with Crippen molar-refractivity contribution in [2.75, 3.05) is 6.54 Å². The molecule has 0 unspecified atom stereocenters. The molecule has 0 saturated carbocycles. The predicted molar refractivity (Wildman–Crippen MR) is 129 cm³/mol. The molecular weight excluding hydrogens is 501 g/mol. The van der Waals surface area contributed by atoms with Crippen LogP contribution in [-0.4, -0.2) is 54.0 Å². The van der Waals surface area contributed by atoms with E-state index >= 15 is 0 Å². The summed E-state index contributed by atoms with van der Waals surface area (Å²) in [5, 5.41) is 3.39. The number of sulfonamides is 1. The van der Waals surface area contributed by atoms with E-state index in [9.17, 15) is 22.8 Å². The monoisotopic (exact) mass is 525 g/mol. The number of carbonyl (C=O) groups is 3. The van der Waals surface area contributed by atoms with Gasteiger partial charge in [0.05, 0.1) is 5.56 Å². The molecule has 0 bridgehead atoms. The van der Waals surface area contributed by atoms with Crippen LogP contribution in [0.1, 0.15) is 43.1 Å². The summed E-state index contributed by atoms with van der Waals surface area (Å²) in [6.45, 7) is 4.34. The summed E-state index contributed by atoms with van der Waals surface area (Å²) in [5.41, 5.74) is 0.403. The number of nitrogens with one attached hydrogen (secondary N) is 1. The van der Waals surface area contributed by atoms with Crippen molar-refractivity contribution in [3.8, 4) is 0 Å². The van der Waals surface area contributed by atoms with Gasteiger partial charge < -0.3 is 10.2 Å². The van der Waals surface area contributed by atoms with Gasteiger partial charge in [-0.05, 0) is 44.5 Å². The second-order valence-corrected chi connectivity index (χ2v) is 10.7. The van der Waals surface area contributed by atoms with Crippen LogP contribution in [0, 0.1) is 0 Å². The Labute approximate surface area is 208 Å². The molecule has 8 nitrogen and oxygen atoms in total. The Morgan fingerprint density at radius 1 is 1.06 bits per heavy atom. The van der Waals surface area contributed by atoms with Crippen molar-refractivity contribution in [2.45, 2.75) is 50.7 Å². The van der Waals surface area contributed by atoms with Crippen LogP contribution < -0.4 is 5.32 Å². The first-order valence-electron chi connectivity index (χ1n) is 10.7. The zero-order valence-electron chi connectivity index (χ0n) is 18.9. The molecule has 0 fully saturated rings. The molecule has 2 aromatic rings. The first-order chi connectivity index (χ1) is 16.0. The van der Waals surface area contributed by atoms with Crippen LogP contribution >= 0.6 is 23.2 Å². The van der Waals surface area contributed by atoms with Gasteiger partial charge in [-0.2, -0.15) is 0 Å². The quantitative estimate of drug-likeness (QED) is 0.568. The highest BCUT2D eigenvalue weighted by Gasteiger charge is 2.43. The van der Waals surface area contributed by atoms with Crippen LogP contribution in [0.25, 0.3) is 0 Å². The molecule has 2 atom stereocenters. The van der Waals surface area contributed by atoms with Gasteiger partial charge in [0.15, 0.2) is 0 Å². The Hall–Kier alpha value is -2.62. The van der Waals surface area contributed by atoms with E-state index in [4.69, 9.17) is 23.2 Å². The molecule has 1 N–H and O–H groups in total. The molecule has 1 aliphatic heterocycles. The topological polar surface area (TPSA) is 104 Å². The van der Waals surface area contributed by atoms with Gasteiger partial charge in [0, 0.05) is 28.2 Å². The van der Waals surface area contributed by atoms with E-state index in [1.54, 1.807) is 24.3 Å². The number of hydrogen-bond acceptors (Lipinski definition) is 5. The third-order valence-corrected chi connectivity index (χ3v) is 8.24. The first-order valence-corrected chi connectivity index (χ1v) is 12.9. The fourth-order valence-corrected chi connectivity index (χ4v) is 5.54. The molecule has 2 aromatic carbocycles. The van der Waals surface area contributed by atoms with Crippen LogP contribution in [0.15, 0.2) is 47.4 Å². The molecule has 0 spiro atoms. The number of rotatable bonds is 8. The van der Waals surface area contributed by atoms with Gasteiger partial charge in [0.1, 0.15) is 17.5 Å². The maximum Gasteiger partial charge on any atom is 0.269 e. The third kappa shape index (κ3) is 5.06. The highest BCUT2D eigenvalue weighted by Crippen LogP contribution is 2.31. The maximum atomic E-state index is 13.4. The van der Waals surface area contributed by atoms with Crippen molar-refractivity contribution < 1.29 is 22.8 Å². The van der Waals surface area contributed by atoms with E-state index in [0.29, 0.717) is 16.3 Å². The smallest absolute Gasteiger partial charge is 0.269 e. The van der Waals surface area contributed by atoms with Crippen LogP contribution in [0.4, 0.5) is 0 Å². The van der Waals surface area contributed by atoms with Gasteiger partial charge >= 0.3 is 0 Å². The number of halogens is 2. The van der Waals surface area contributed by atoms with Crippen molar-refractivity contribution >= 4 is 50.9 Å². The van der Waals surface area contributed by atoms with E-state index in [-0.39, 0.29) is 33.1 Å². The van der Waals surface area contributed by atoms with Crippen molar-refractivity contribution in [2.24, 2.45) is 0 Å². The van der Waals surface area contributed by atoms with Crippen molar-refractivity contribution in [3.63, 3.8) is 0 Å². The molecule has 1 aliphatic rings. The predicted octanol–water partition coefficient (Wildman–Crippen LogP) is 3.47. The van der Waals surface area contributed by atoms with Gasteiger partial charge in [0.25, 0.3) is 15.9 Å². The first kappa shape index (κ1) is 26.0. The van der Waals surface area contributed by atoms with Crippen molar-refractivity contribution in [1.82, 2.24) is 14.5 Å². The Balaban J connectivity index is 1.93. The molecule has 3 rings (SSSR count). The summed E-state index contributed by atoms with van der Waals surface area (Å²) < 4.78 is 26.4. The van der Waals surface area contributed by atoms with Crippen LogP contribution in [0.3, 0.4) is 0 Å². The van der Waals surface area contributed by atoms with E-state index < -0.39 is 40.3 Å². The summed E-state index contributed by atoms with van der Waals surface area (Å²) >= 11 is 12.6. The fraction of sp³-hybridized carbons (Fsp3) is 0.348. The minimum absolute atomic E-state index is 0.00133. The van der Waals surface area contributed by atoms with Gasteiger partial charge in [-0.15, -0.1) is 0 Å². The molecule has 0 radical (unpaired) electrons. The minimum atomic E-state index is -4.20. The number of fused-ring (bicyclic) bond motifs is 1. The number of benzene rings is 2. The van der Waals surface area contributed by atoms with Crippen molar-refractivity contribution in [3.05, 3.63) is 63.6 Å². The average molecular weight is 526 g/mol. The second-order valence-electron chi connectivity index (χ2n) is 8.03. The molecule has 0 aromatic heterocycles. The van der Waals surface area contributed by atoms with E-state index in [0.717, 1.165) is 0 Å². The lowest BCUT2D eigenvalue weighted by molar-refractivity contribution is -0.140. The minimum Gasteiger partial charge on any atom is -0.352 e. The lowest BCUT2D eigenvalue weighted by atomic mass is 10.1. The Bertz CT molecular complexity index is 1210. The zero-order chi connectivity index (χ0) is 25.2. The van der Waals surface area contributed by atoms with Crippen LogP contribution in [0.5, 0.6) is 0 Å². The number of nitrogens with zero attached hydrogens (tertiary/aromatic N) is 2. The molecule has 182 valence electrons. The second kappa shape index (κ2) is 10.3. The van der Waals surface area contributed by atoms with Gasteiger partial charge in [-0.25, -0.2) is 12.7 Å². The SMILES string of the molecule is CC[C@H](C)NC(=O)[C@@H](C)N(Cc1c(Cl)cccc1Cl)C(=O)CN1C(=O)c2ccccc2S1(=O)=O. The number of amides is 3. The van der Waals surface area contributed by atoms with Crippen LogP contribution in [0.2, 0.25) is 10.0 Å². The Morgan fingerprint density at radius 2 is 1.68 bits per heavy atom. The average Bonchev–Trinajstić information content (AvgIpc) is 2.99. The maximum absolute atomic E-state index is 13.4. The lowest BCUT2D eigenvalue weighted by Gasteiger charge is -2.31. The normalized spacial score (nSPS) is 16.0. The van der Waals surface area contributed by atoms with E-state index in [2.05, 4.69) is 5.32 Å². The number of carbonyl (C=O) groups excluding carboxylic acids is 3. The van der Waals surface area contributed by atoms with Gasteiger partial charge in [0.2, 0.25) is 11.8 Å². The summed E-state index contributed by atoms with van der Waals surface area (Å²) in [7, 11) is -4.20. The van der Waals surface area contributed by atoms with E-state index in [1.807, 2.05) is 13.8 Å².